The number of benzene rings is 1. The molecule has 0 aliphatic carbocycles. The van der Waals surface area contributed by atoms with Crippen molar-refractivity contribution in [3.8, 4) is 5.75 Å². The lowest BCUT2D eigenvalue weighted by atomic mass is 10.1. The molecule has 3 nitrogen and oxygen atoms in total. The number of halogens is 2. The number of aliphatic hydroxyl groups excluding tert-OH is 1. The number of aromatic hydroxyl groups is 1. The molecule has 1 aromatic rings. The van der Waals surface area contributed by atoms with Crippen molar-refractivity contribution in [3.05, 3.63) is 28.5 Å². The molecule has 1 unspecified atom stereocenters. The molecule has 1 rings (SSSR count). The summed E-state index contributed by atoms with van der Waals surface area (Å²) in [6.07, 6.45) is -0.816. The van der Waals surface area contributed by atoms with Gasteiger partial charge < -0.3 is 15.5 Å². The van der Waals surface area contributed by atoms with E-state index in [9.17, 15) is 9.50 Å². The summed E-state index contributed by atoms with van der Waals surface area (Å²) < 4.78 is 12.9. The molecule has 0 bridgehead atoms. The molecule has 0 aliphatic heterocycles. The van der Waals surface area contributed by atoms with Crippen LogP contribution in [0, 0.1) is 5.82 Å². The number of rotatable bonds is 3. The molecule has 5 heteroatoms. The summed E-state index contributed by atoms with van der Waals surface area (Å²) in [4.78, 5) is 0. The molecule has 0 aromatic heterocycles. The number of phenols is 1. The van der Waals surface area contributed by atoms with E-state index in [1.54, 1.807) is 7.05 Å². The third-order valence-corrected chi connectivity index (χ3v) is 2.09. The Balaban J connectivity index is 3.00. The van der Waals surface area contributed by atoms with Gasteiger partial charge in [-0.2, -0.15) is 0 Å². The van der Waals surface area contributed by atoms with Crippen molar-refractivity contribution in [2.24, 2.45) is 0 Å². The second-order valence-electron chi connectivity index (χ2n) is 2.91. The first kappa shape index (κ1) is 11.2. The van der Waals surface area contributed by atoms with Gasteiger partial charge in [0.15, 0.2) is 11.6 Å². The Kier molecular flexibility index (Phi) is 3.69. The van der Waals surface area contributed by atoms with E-state index in [2.05, 4.69) is 5.32 Å². The number of hydrogen-bond donors (Lipinski definition) is 3. The zero-order valence-electron chi connectivity index (χ0n) is 7.59. The van der Waals surface area contributed by atoms with Crippen LogP contribution in [0.1, 0.15) is 11.7 Å². The zero-order valence-corrected chi connectivity index (χ0v) is 8.35. The lowest BCUT2D eigenvalue weighted by molar-refractivity contribution is 0.177. The van der Waals surface area contributed by atoms with Crippen LogP contribution in [0.15, 0.2) is 12.1 Å². The minimum atomic E-state index is -0.868. The minimum Gasteiger partial charge on any atom is -0.505 e. The van der Waals surface area contributed by atoms with Gasteiger partial charge in [0.25, 0.3) is 0 Å². The lowest BCUT2D eigenvalue weighted by Gasteiger charge is -2.11. The number of hydrogen-bond acceptors (Lipinski definition) is 3. The van der Waals surface area contributed by atoms with E-state index in [1.165, 1.54) is 6.07 Å². The molecule has 78 valence electrons. The van der Waals surface area contributed by atoms with E-state index in [1.807, 2.05) is 0 Å². The minimum absolute atomic E-state index is 0.199. The van der Waals surface area contributed by atoms with E-state index in [0.29, 0.717) is 12.1 Å². The highest BCUT2D eigenvalue weighted by Gasteiger charge is 2.13. The Morgan fingerprint density at radius 1 is 1.57 bits per heavy atom. The Bertz CT molecular complexity index is 310. The van der Waals surface area contributed by atoms with Gasteiger partial charge in [0, 0.05) is 6.54 Å². The highest BCUT2D eigenvalue weighted by Crippen LogP contribution is 2.28. The van der Waals surface area contributed by atoms with Crippen LogP contribution in [0.4, 0.5) is 4.39 Å². The lowest BCUT2D eigenvalue weighted by Crippen LogP contribution is -2.16. The van der Waals surface area contributed by atoms with Crippen LogP contribution in [-0.2, 0) is 0 Å². The van der Waals surface area contributed by atoms with Gasteiger partial charge in [0.1, 0.15) is 0 Å². The summed E-state index contributed by atoms with van der Waals surface area (Å²) in [5, 5.41) is 21.2. The van der Waals surface area contributed by atoms with Crippen LogP contribution in [0.5, 0.6) is 5.75 Å². The SMILES string of the molecule is CNCC(O)c1cc(O)c(F)c(Cl)c1. The summed E-state index contributed by atoms with van der Waals surface area (Å²) in [6, 6.07) is 2.45. The molecule has 0 spiro atoms. The normalized spacial score (nSPS) is 12.9. The molecule has 0 saturated carbocycles. The van der Waals surface area contributed by atoms with Crippen molar-refractivity contribution in [1.29, 1.82) is 0 Å². The van der Waals surface area contributed by atoms with Gasteiger partial charge in [-0.25, -0.2) is 4.39 Å². The van der Waals surface area contributed by atoms with Gasteiger partial charge in [-0.05, 0) is 24.7 Å². The second kappa shape index (κ2) is 4.59. The molecule has 0 aliphatic rings. The molecule has 0 fully saturated rings. The average Bonchev–Trinajstić information content (AvgIpc) is 2.13. The van der Waals surface area contributed by atoms with Crippen LogP contribution < -0.4 is 5.32 Å². The maximum Gasteiger partial charge on any atom is 0.183 e. The average molecular weight is 220 g/mol. The molecule has 0 amide bonds. The molecule has 0 heterocycles. The van der Waals surface area contributed by atoms with Crippen molar-refractivity contribution >= 4 is 11.6 Å². The quantitative estimate of drug-likeness (QED) is 0.721. The first-order chi connectivity index (χ1) is 6.56. The molecular weight excluding hydrogens is 209 g/mol. The second-order valence-corrected chi connectivity index (χ2v) is 3.32. The predicted octanol–water partition coefficient (Wildman–Crippen LogP) is 1.44. The van der Waals surface area contributed by atoms with E-state index in [-0.39, 0.29) is 5.02 Å². The first-order valence-electron chi connectivity index (χ1n) is 4.06. The summed E-state index contributed by atoms with van der Waals surface area (Å²) in [5.74, 6) is -1.42. The molecule has 0 saturated heterocycles. The molecule has 3 N–H and O–H groups in total. The first-order valence-corrected chi connectivity index (χ1v) is 4.44. The van der Waals surface area contributed by atoms with Gasteiger partial charge in [0.2, 0.25) is 0 Å². The van der Waals surface area contributed by atoms with Crippen LogP contribution in [-0.4, -0.2) is 23.8 Å². The highest BCUT2D eigenvalue weighted by atomic mass is 35.5. The predicted molar refractivity (Wildman–Crippen MR) is 52.0 cm³/mol. The Morgan fingerprint density at radius 3 is 2.71 bits per heavy atom. The fraction of sp³-hybridized carbons (Fsp3) is 0.333. The number of phenolic OH excluding ortho intramolecular Hbond substituents is 1. The number of aliphatic hydroxyl groups is 1. The number of nitrogens with one attached hydrogen (secondary N) is 1. The third kappa shape index (κ3) is 2.35. The van der Waals surface area contributed by atoms with Crippen LogP contribution >= 0.6 is 11.6 Å². The van der Waals surface area contributed by atoms with Crippen LogP contribution in [0.25, 0.3) is 0 Å². The van der Waals surface area contributed by atoms with E-state index < -0.39 is 17.7 Å². The fourth-order valence-corrected chi connectivity index (χ4v) is 1.32. The Hall–Kier alpha value is -0.840. The summed E-state index contributed by atoms with van der Waals surface area (Å²) in [5.41, 5.74) is 0.378. The van der Waals surface area contributed by atoms with Crippen molar-refractivity contribution in [2.45, 2.75) is 6.10 Å². The molecule has 14 heavy (non-hydrogen) atoms. The smallest absolute Gasteiger partial charge is 0.183 e. The van der Waals surface area contributed by atoms with Crippen LogP contribution in [0.3, 0.4) is 0 Å². The van der Waals surface area contributed by atoms with Gasteiger partial charge in [-0.1, -0.05) is 11.6 Å². The monoisotopic (exact) mass is 219 g/mol. The zero-order chi connectivity index (χ0) is 10.7. The Labute approximate surface area is 86.1 Å². The van der Waals surface area contributed by atoms with E-state index in [4.69, 9.17) is 16.7 Å². The van der Waals surface area contributed by atoms with E-state index in [0.717, 1.165) is 6.07 Å². The summed E-state index contributed by atoms with van der Waals surface area (Å²) in [6.45, 7) is 0.307. The maximum atomic E-state index is 12.9. The topological polar surface area (TPSA) is 52.5 Å². The molecule has 1 atom stereocenters. The van der Waals surface area contributed by atoms with Crippen molar-refractivity contribution in [1.82, 2.24) is 5.32 Å². The molecular formula is C9H11ClFNO2. The van der Waals surface area contributed by atoms with Crippen molar-refractivity contribution in [3.63, 3.8) is 0 Å². The van der Waals surface area contributed by atoms with Crippen molar-refractivity contribution in [2.75, 3.05) is 13.6 Å². The van der Waals surface area contributed by atoms with Gasteiger partial charge in [0.05, 0.1) is 11.1 Å². The third-order valence-electron chi connectivity index (χ3n) is 1.81. The van der Waals surface area contributed by atoms with Gasteiger partial charge in [-0.3, -0.25) is 0 Å². The van der Waals surface area contributed by atoms with Crippen molar-refractivity contribution < 1.29 is 14.6 Å². The number of likely N-dealkylation sites (N-methyl/N-ethyl adjacent to an activating group) is 1. The van der Waals surface area contributed by atoms with Crippen LogP contribution in [0.2, 0.25) is 5.02 Å². The van der Waals surface area contributed by atoms with Gasteiger partial charge >= 0.3 is 0 Å². The summed E-state index contributed by atoms with van der Waals surface area (Å²) in [7, 11) is 1.67. The highest BCUT2D eigenvalue weighted by molar-refractivity contribution is 6.30. The molecule has 0 radical (unpaired) electrons. The Morgan fingerprint density at radius 2 is 2.21 bits per heavy atom. The summed E-state index contributed by atoms with van der Waals surface area (Å²) >= 11 is 5.50. The largest absolute Gasteiger partial charge is 0.505 e. The van der Waals surface area contributed by atoms with E-state index >= 15 is 0 Å². The fourth-order valence-electron chi connectivity index (χ4n) is 1.10. The standard InChI is InChI=1S/C9H11ClFNO2/c1-12-4-8(14)5-2-6(10)9(11)7(13)3-5/h2-3,8,12-14H,4H2,1H3. The maximum absolute atomic E-state index is 12.9. The van der Waals surface area contributed by atoms with Gasteiger partial charge in [-0.15, -0.1) is 0 Å². The molecule has 1 aromatic carbocycles.